The van der Waals surface area contributed by atoms with Gasteiger partial charge >= 0.3 is 0 Å². The van der Waals surface area contributed by atoms with Crippen LogP contribution in [0.15, 0.2) is 41.8 Å². The second-order valence-corrected chi connectivity index (χ2v) is 6.33. The smallest absolute Gasteiger partial charge is 0.220 e. The first-order valence-electron chi connectivity index (χ1n) is 7.17. The fourth-order valence-corrected chi connectivity index (χ4v) is 2.90. The highest BCUT2D eigenvalue weighted by molar-refractivity contribution is 7.10. The monoisotopic (exact) mass is 319 g/mol. The third-order valence-electron chi connectivity index (χ3n) is 3.46. The van der Waals surface area contributed by atoms with Crippen molar-refractivity contribution >= 4 is 17.2 Å². The van der Waals surface area contributed by atoms with Gasteiger partial charge in [-0.1, -0.05) is 18.2 Å². The van der Waals surface area contributed by atoms with Crippen LogP contribution >= 0.6 is 11.3 Å². The Morgan fingerprint density at radius 1 is 1.36 bits per heavy atom. The molecular weight excluding hydrogens is 298 g/mol. The molecule has 0 bridgehead atoms. The number of rotatable bonds is 7. The van der Waals surface area contributed by atoms with Gasteiger partial charge in [-0.25, -0.2) is 0 Å². The van der Waals surface area contributed by atoms with E-state index in [9.17, 15) is 9.90 Å². The molecule has 22 heavy (non-hydrogen) atoms. The lowest BCUT2D eigenvalue weighted by molar-refractivity contribution is -0.122. The van der Waals surface area contributed by atoms with E-state index in [-0.39, 0.29) is 12.5 Å². The summed E-state index contributed by atoms with van der Waals surface area (Å²) in [6, 6.07) is 11.4. The predicted octanol–water partition coefficient (Wildman–Crippen LogP) is 2.71. The maximum atomic E-state index is 11.9. The minimum Gasteiger partial charge on any atom is -0.497 e. The van der Waals surface area contributed by atoms with Crippen LogP contribution < -0.4 is 10.1 Å². The molecule has 0 radical (unpaired) electrons. The van der Waals surface area contributed by atoms with Crippen molar-refractivity contribution in [3.63, 3.8) is 0 Å². The van der Waals surface area contributed by atoms with Crippen LogP contribution in [0, 0.1) is 0 Å². The Labute approximate surface area is 134 Å². The highest BCUT2D eigenvalue weighted by Crippen LogP contribution is 2.24. The molecule has 118 valence electrons. The van der Waals surface area contributed by atoms with Gasteiger partial charge < -0.3 is 15.2 Å². The van der Waals surface area contributed by atoms with Gasteiger partial charge in [-0.05, 0) is 42.5 Å². The molecule has 4 nitrogen and oxygen atoms in total. The Bertz CT molecular complexity index is 608. The molecule has 0 aliphatic heterocycles. The van der Waals surface area contributed by atoms with E-state index in [2.05, 4.69) is 5.32 Å². The lowest BCUT2D eigenvalue weighted by atomic mass is 10.0. The van der Waals surface area contributed by atoms with Gasteiger partial charge in [0.25, 0.3) is 0 Å². The van der Waals surface area contributed by atoms with E-state index >= 15 is 0 Å². The van der Waals surface area contributed by atoms with Gasteiger partial charge in [0.05, 0.1) is 13.7 Å². The number of nitrogens with one attached hydrogen (secondary N) is 1. The number of benzene rings is 1. The molecule has 1 atom stereocenters. The number of hydrogen-bond donors (Lipinski definition) is 2. The Morgan fingerprint density at radius 3 is 2.86 bits per heavy atom. The summed E-state index contributed by atoms with van der Waals surface area (Å²) in [5, 5.41) is 15.1. The molecule has 5 heteroatoms. The van der Waals surface area contributed by atoms with Crippen molar-refractivity contribution in [3.05, 3.63) is 52.2 Å². The van der Waals surface area contributed by atoms with Gasteiger partial charge in [0.2, 0.25) is 5.91 Å². The number of amides is 1. The quantitative estimate of drug-likeness (QED) is 0.825. The highest BCUT2D eigenvalue weighted by atomic mass is 32.1. The maximum absolute atomic E-state index is 11.9. The summed E-state index contributed by atoms with van der Waals surface area (Å²) in [7, 11) is 1.62. The van der Waals surface area contributed by atoms with Crippen LogP contribution in [-0.2, 0) is 16.8 Å². The minimum absolute atomic E-state index is 0.0698. The van der Waals surface area contributed by atoms with Gasteiger partial charge in [0.15, 0.2) is 0 Å². The molecular formula is C17H21NO3S. The molecule has 2 N–H and O–H groups in total. The molecule has 1 heterocycles. The van der Waals surface area contributed by atoms with Gasteiger partial charge in [0.1, 0.15) is 11.4 Å². The summed E-state index contributed by atoms with van der Waals surface area (Å²) in [6.07, 6.45) is 1.03. The van der Waals surface area contributed by atoms with Gasteiger partial charge in [-0.3, -0.25) is 4.79 Å². The minimum atomic E-state index is -1.03. The number of ether oxygens (including phenoxy) is 1. The molecule has 1 amide bonds. The Balaban J connectivity index is 1.80. The van der Waals surface area contributed by atoms with Crippen LogP contribution in [-0.4, -0.2) is 24.7 Å². The number of thiophene rings is 1. The summed E-state index contributed by atoms with van der Waals surface area (Å²) in [4.78, 5) is 12.8. The molecule has 0 spiro atoms. The average molecular weight is 319 g/mol. The number of carbonyl (C=O) groups excluding carboxylic acids is 1. The summed E-state index contributed by atoms with van der Waals surface area (Å²) in [6.45, 7) is 1.92. The first kappa shape index (κ1) is 16.5. The Hall–Kier alpha value is -1.85. The van der Waals surface area contributed by atoms with Crippen molar-refractivity contribution in [2.45, 2.75) is 25.4 Å². The number of aryl methyl sites for hydroxylation is 1. The third kappa shape index (κ3) is 4.58. The summed E-state index contributed by atoms with van der Waals surface area (Å²) in [5.74, 6) is 0.721. The molecule has 0 aliphatic carbocycles. The largest absolute Gasteiger partial charge is 0.497 e. The molecule has 0 fully saturated rings. The van der Waals surface area contributed by atoms with Crippen molar-refractivity contribution in [1.29, 1.82) is 0 Å². The first-order chi connectivity index (χ1) is 10.5. The zero-order valence-electron chi connectivity index (χ0n) is 12.8. The molecule has 1 aromatic carbocycles. The Morgan fingerprint density at radius 2 is 2.18 bits per heavy atom. The van der Waals surface area contributed by atoms with E-state index in [1.54, 1.807) is 14.0 Å². The van der Waals surface area contributed by atoms with E-state index < -0.39 is 5.60 Å². The van der Waals surface area contributed by atoms with Crippen molar-refractivity contribution < 1.29 is 14.6 Å². The molecule has 0 aliphatic rings. The normalized spacial score (nSPS) is 13.4. The van der Waals surface area contributed by atoms with Crippen molar-refractivity contribution in [1.82, 2.24) is 5.32 Å². The number of hydrogen-bond acceptors (Lipinski definition) is 4. The predicted molar refractivity (Wildman–Crippen MR) is 88.2 cm³/mol. The lowest BCUT2D eigenvalue weighted by Crippen LogP contribution is -2.38. The summed E-state index contributed by atoms with van der Waals surface area (Å²) in [5.41, 5.74) is 0.0271. The van der Waals surface area contributed by atoms with Crippen molar-refractivity contribution in [3.8, 4) is 5.75 Å². The van der Waals surface area contributed by atoms with Crippen LogP contribution in [0.1, 0.15) is 23.8 Å². The fraction of sp³-hybridized carbons (Fsp3) is 0.353. The second kappa shape index (κ2) is 7.42. The molecule has 2 rings (SSSR count). The van der Waals surface area contributed by atoms with Gasteiger partial charge in [-0.15, -0.1) is 11.3 Å². The highest BCUT2D eigenvalue weighted by Gasteiger charge is 2.24. The van der Waals surface area contributed by atoms with Crippen LogP contribution in [0.2, 0.25) is 0 Å². The Kier molecular flexibility index (Phi) is 5.57. The third-order valence-corrected chi connectivity index (χ3v) is 4.58. The van der Waals surface area contributed by atoms with E-state index in [0.717, 1.165) is 16.2 Å². The molecule has 1 aromatic heterocycles. The fourth-order valence-electron chi connectivity index (χ4n) is 2.12. The topological polar surface area (TPSA) is 58.6 Å². The summed E-state index contributed by atoms with van der Waals surface area (Å²) < 4.78 is 5.16. The maximum Gasteiger partial charge on any atom is 0.220 e. The zero-order valence-corrected chi connectivity index (χ0v) is 13.7. The molecule has 2 aromatic rings. The molecule has 0 saturated carbocycles. The van der Waals surface area contributed by atoms with Crippen molar-refractivity contribution in [2.75, 3.05) is 13.7 Å². The molecule has 1 unspecified atom stereocenters. The van der Waals surface area contributed by atoms with E-state index in [1.165, 1.54) is 11.3 Å². The van der Waals surface area contributed by atoms with Gasteiger partial charge in [0, 0.05) is 11.3 Å². The molecule has 0 saturated heterocycles. The van der Waals surface area contributed by atoms with Crippen LogP contribution in [0.5, 0.6) is 5.75 Å². The van der Waals surface area contributed by atoms with E-state index in [4.69, 9.17) is 4.74 Å². The number of methoxy groups -OCH3 is 1. The first-order valence-corrected chi connectivity index (χ1v) is 8.05. The zero-order chi connectivity index (χ0) is 16.0. The SMILES string of the molecule is COc1cccc(CCC(=O)NCC(C)(O)c2cccs2)c1. The average Bonchev–Trinajstić information content (AvgIpc) is 3.06. The number of carbonyl (C=O) groups is 1. The lowest BCUT2D eigenvalue weighted by Gasteiger charge is -2.22. The van der Waals surface area contributed by atoms with Crippen LogP contribution in [0.4, 0.5) is 0 Å². The van der Waals surface area contributed by atoms with Crippen molar-refractivity contribution in [2.24, 2.45) is 0 Å². The second-order valence-electron chi connectivity index (χ2n) is 5.38. The standard InChI is InChI=1S/C17H21NO3S/c1-17(20,15-7-4-10-22-15)12-18-16(19)9-8-13-5-3-6-14(11-13)21-2/h3-7,10-11,20H,8-9,12H2,1-2H3,(H,18,19). The van der Waals surface area contributed by atoms with Gasteiger partial charge in [-0.2, -0.15) is 0 Å². The van der Waals surface area contributed by atoms with E-state index in [0.29, 0.717) is 12.8 Å². The van der Waals surface area contributed by atoms with E-state index in [1.807, 2.05) is 41.8 Å². The summed E-state index contributed by atoms with van der Waals surface area (Å²) >= 11 is 1.48. The number of aliphatic hydroxyl groups is 1. The van der Waals surface area contributed by atoms with Crippen LogP contribution in [0.25, 0.3) is 0 Å². The van der Waals surface area contributed by atoms with Crippen LogP contribution in [0.3, 0.4) is 0 Å².